The summed E-state index contributed by atoms with van der Waals surface area (Å²) in [6, 6.07) is 0. The Morgan fingerprint density at radius 3 is 0.680 bits per heavy atom. The number of hydrogen-bond donors (Lipinski definition) is 3. The molecule has 594 valence electrons. The third-order valence-corrected chi connectivity index (χ3v) is 20.8. The summed E-state index contributed by atoms with van der Waals surface area (Å²) in [4.78, 5) is 73.1. The van der Waals surface area contributed by atoms with Crippen molar-refractivity contribution in [1.29, 1.82) is 0 Å². The van der Waals surface area contributed by atoms with E-state index in [1.807, 2.05) is 0 Å². The van der Waals surface area contributed by atoms with Crippen molar-refractivity contribution in [1.82, 2.24) is 0 Å². The second-order valence-electron chi connectivity index (χ2n) is 30.6. The minimum Gasteiger partial charge on any atom is -0.462 e. The van der Waals surface area contributed by atoms with E-state index in [2.05, 4.69) is 48.5 Å². The summed E-state index contributed by atoms with van der Waals surface area (Å²) in [6.45, 7) is 11.9. The van der Waals surface area contributed by atoms with Gasteiger partial charge in [-0.05, 0) is 43.4 Å². The van der Waals surface area contributed by atoms with Crippen LogP contribution in [-0.4, -0.2) is 96.7 Å². The SMILES string of the molecule is CCCCCCCCCCCCCCCCCCCC(=O)OC[C@H](COP(=O)(O)OC[C@@H](O)COP(=O)(O)OC[C@@H](COC(=O)CCCCCCCCCCC(C)C)OC(=O)CCCCCCCCCCCCCCC(C)C)OC(=O)CCCCCCCCCCCCCCCCC(C)C. The molecule has 0 aliphatic heterocycles. The van der Waals surface area contributed by atoms with Gasteiger partial charge in [0.15, 0.2) is 12.2 Å². The summed E-state index contributed by atoms with van der Waals surface area (Å²) in [5.41, 5.74) is 0. The normalized spacial score (nSPS) is 14.0. The number of hydrogen-bond acceptors (Lipinski definition) is 15. The zero-order valence-electron chi connectivity index (χ0n) is 65.7. The van der Waals surface area contributed by atoms with Gasteiger partial charge in [0.2, 0.25) is 0 Å². The Labute approximate surface area is 613 Å². The van der Waals surface area contributed by atoms with E-state index in [0.29, 0.717) is 25.7 Å². The van der Waals surface area contributed by atoms with Gasteiger partial charge in [-0.15, -0.1) is 0 Å². The van der Waals surface area contributed by atoms with Crippen LogP contribution in [0.1, 0.15) is 421 Å². The molecule has 0 aliphatic carbocycles. The van der Waals surface area contributed by atoms with Crippen molar-refractivity contribution in [2.75, 3.05) is 39.6 Å². The van der Waals surface area contributed by atoms with Gasteiger partial charge in [-0.1, -0.05) is 370 Å². The number of unbranched alkanes of at least 4 members (excludes halogenated alkanes) is 47. The number of esters is 4. The lowest BCUT2D eigenvalue weighted by Gasteiger charge is -2.21. The van der Waals surface area contributed by atoms with Crippen molar-refractivity contribution in [3.8, 4) is 0 Å². The van der Waals surface area contributed by atoms with Gasteiger partial charge in [0.25, 0.3) is 0 Å². The Bertz CT molecular complexity index is 1940. The molecular formula is C81H158O17P2. The molecule has 0 aromatic heterocycles. The van der Waals surface area contributed by atoms with Gasteiger partial charge in [0, 0.05) is 25.7 Å². The summed E-state index contributed by atoms with van der Waals surface area (Å²) in [5.74, 6) is 0.188. The predicted molar refractivity (Wildman–Crippen MR) is 409 cm³/mol. The van der Waals surface area contributed by atoms with Crippen LogP contribution in [0.2, 0.25) is 0 Å². The lowest BCUT2D eigenvalue weighted by Crippen LogP contribution is -2.30. The maximum atomic E-state index is 13.1. The number of aliphatic hydroxyl groups is 1. The lowest BCUT2D eigenvalue weighted by atomic mass is 10.0. The monoisotopic (exact) mass is 1470 g/mol. The summed E-state index contributed by atoms with van der Waals surface area (Å²) in [6.07, 6.45) is 59.6. The highest BCUT2D eigenvalue weighted by molar-refractivity contribution is 7.47. The number of aliphatic hydroxyl groups excluding tert-OH is 1. The second-order valence-corrected chi connectivity index (χ2v) is 33.5. The highest BCUT2D eigenvalue weighted by Crippen LogP contribution is 2.45. The van der Waals surface area contributed by atoms with Crippen LogP contribution >= 0.6 is 15.6 Å². The van der Waals surface area contributed by atoms with Crippen LogP contribution in [0.3, 0.4) is 0 Å². The molecule has 0 aromatic carbocycles. The van der Waals surface area contributed by atoms with Crippen LogP contribution in [0.5, 0.6) is 0 Å². The van der Waals surface area contributed by atoms with Crippen molar-refractivity contribution in [3.63, 3.8) is 0 Å². The first-order chi connectivity index (χ1) is 48.2. The van der Waals surface area contributed by atoms with Crippen LogP contribution in [0, 0.1) is 17.8 Å². The number of ether oxygens (including phenoxy) is 4. The standard InChI is InChI=1S/C81H158O17P2/c1-8-9-10-11-12-13-14-15-16-17-18-22-28-33-41-48-55-62-78(83)91-68-76(97-80(85)64-57-50-43-34-29-23-20-19-21-26-31-38-45-52-59-72(2)3)70-95-99(87,88)93-66-75(82)67-94-100(89,90)96-71-77(69-92-79(84)63-56-49-42-37-36-40-47-54-61-74(6)7)98-81(86)65-58-51-44-35-30-25-24-27-32-39-46-53-60-73(4)5/h72-77,82H,8-71H2,1-7H3,(H,87,88)(H,89,90)/t75-,76-,77-/m1/s1. The van der Waals surface area contributed by atoms with E-state index in [1.165, 1.54) is 231 Å². The van der Waals surface area contributed by atoms with E-state index in [4.69, 9.17) is 37.0 Å². The van der Waals surface area contributed by atoms with E-state index in [9.17, 15) is 43.2 Å². The van der Waals surface area contributed by atoms with Gasteiger partial charge in [-0.2, -0.15) is 0 Å². The van der Waals surface area contributed by atoms with Crippen molar-refractivity contribution in [3.05, 3.63) is 0 Å². The van der Waals surface area contributed by atoms with Crippen molar-refractivity contribution < 1.29 is 80.2 Å². The van der Waals surface area contributed by atoms with E-state index in [-0.39, 0.29) is 25.7 Å². The Morgan fingerprint density at radius 1 is 0.270 bits per heavy atom. The maximum Gasteiger partial charge on any atom is 0.472 e. The number of phosphoric acid groups is 2. The van der Waals surface area contributed by atoms with Crippen LogP contribution in [0.15, 0.2) is 0 Å². The minimum atomic E-state index is -4.96. The van der Waals surface area contributed by atoms with Gasteiger partial charge in [-0.25, -0.2) is 9.13 Å². The molecular weight excluding hydrogens is 1310 g/mol. The molecule has 2 unspecified atom stereocenters. The molecule has 0 aliphatic rings. The zero-order valence-corrected chi connectivity index (χ0v) is 67.5. The fraction of sp³-hybridized carbons (Fsp3) is 0.951. The highest BCUT2D eigenvalue weighted by atomic mass is 31.2. The molecule has 0 amide bonds. The summed E-state index contributed by atoms with van der Waals surface area (Å²) >= 11 is 0. The van der Waals surface area contributed by atoms with Crippen LogP contribution < -0.4 is 0 Å². The van der Waals surface area contributed by atoms with E-state index < -0.39 is 97.5 Å². The molecule has 17 nitrogen and oxygen atoms in total. The summed E-state index contributed by atoms with van der Waals surface area (Å²) in [5, 5.41) is 10.6. The summed E-state index contributed by atoms with van der Waals surface area (Å²) < 4.78 is 68.7. The number of carbonyl (C=O) groups excluding carboxylic acids is 4. The Kier molecular flexibility index (Phi) is 69.9. The molecule has 0 bridgehead atoms. The molecule has 3 N–H and O–H groups in total. The molecule has 100 heavy (non-hydrogen) atoms. The number of carbonyl (C=O) groups is 4. The Morgan fingerprint density at radius 2 is 0.460 bits per heavy atom. The lowest BCUT2D eigenvalue weighted by molar-refractivity contribution is -0.161. The Balaban J connectivity index is 5.26. The molecule has 0 spiro atoms. The predicted octanol–water partition coefficient (Wildman–Crippen LogP) is 24.1. The molecule has 0 heterocycles. The quantitative estimate of drug-likeness (QED) is 0.0222. The number of phosphoric ester groups is 2. The minimum absolute atomic E-state index is 0.106. The highest BCUT2D eigenvalue weighted by Gasteiger charge is 2.30. The first kappa shape index (κ1) is 98.1. The topological polar surface area (TPSA) is 237 Å². The third-order valence-electron chi connectivity index (χ3n) is 18.9. The second kappa shape index (κ2) is 71.3. The van der Waals surface area contributed by atoms with Crippen molar-refractivity contribution in [2.45, 2.75) is 439 Å². The average Bonchev–Trinajstić information content (AvgIpc) is 0.935. The van der Waals surface area contributed by atoms with Gasteiger partial charge >= 0.3 is 39.5 Å². The molecule has 0 saturated carbocycles. The first-order valence-electron chi connectivity index (χ1n) is 41.8. The van der Waals surface area contributed by atoms with E-state index in [0.717, 1.165) is 108 Å². The van der Waals surface area contributed by atoms with Crippen LogP contribution in [0.25, 0.3) is 0 Å². The molecule has 0 saturated heterocycles. The van der Waals surface area contributed by atoms with Gasteiger partial charge in [0.05, 0.1) is 26.4 Å². The zero-order chi connectivity index (χ0) is 73.7. The van der Waals surface area contributed by atoms with Crippen molar-refractivity contribution in [2.24, 2.45) is 17.8 Å². The molecule has 0 fully saturated rings. The van der Waals surface area contributed by atoms with Crippen molar-refractivity contribution >= 4 is 39.5 Å². The molecule has 19 heteroatoms. The van der Waals surface area contributed by atoms with Gasteiger partial charge in [-0.3, -0.25) is 37.3 Å². The third kappa shape index (κ3) is 74.3. The van der Waals surface area contributed by atoms with E-state index >= 15 is 0 Å². The first-order valence-corrected chi connectivity index (χ1v) is 44.8. The molecule has 5 atom stereocenters. The molecule has 0 aromatic rings. The van der Waals surface area contributed by atoms with Crippen LogP contribution in [-0.2, 0) is 65.4 Å². The average molecular weight is 1470 g/mol. The fourth-order valence-electron chi connectivity index (χ4n) is 12.5. The van der Waals surface area contributed by atoms with E-state index in [1.54, 1.807) is 0 Å². The van der Waals surface area contributed by atoms with Gasteiger partial charge in [0.1, 0.15) is 19.3 Å². The number of rotatable bonds is 79. The molecule has 0 rings (SSSR count). The maximum absolute atomic E-state index is 13.1. The smallest absolute Gasteiger partial charge is 0.462 e. The fourth-order valence-corrected chi connectivity index (χ4v) is 14.1. The van der Waals surface area contributed by atoms with Gasteiger partial charge < -0.3 is 33.8 Å². The van der Waals surface area contributed by atoms with Crippen LogP contribution in [0.4, 0.5) is 0 Å². The largest absolute Gasteiger partial charge is 0.472 e. The molecule has 0 radical (unpaired) electrons. The summed E-state index contributed by atoms with van der Waals surface area (Å²) in [7, 11) is -9.92. The Hall–Kier alpha value is -1.94.